The topological polar surface area (TPSA) is 128 Å². The molecule has 0 unspecified atom stereocenters. The Bertz CT molecular complexity index is 487. The third-order valence-corrected chi connectivity index (χ3v) is 3.47. The summed E-state index contributed by atoms with van der Waals surface area (Å²) in [7, 11) is 0. The van der Waals surface area contributed by atoms with Gasteiger partial charge in [-0.1, -0.05) is 30.7 Å². The highest BCUT2D eigenvalue weighted by atomic mass is 16.4. The average molecular weight is 308 g/mol. The van der Waals surface area contributed by atoms with E-state index in [1.54, 1.807) is 0 Å². The molecule has 0 fully saturated rings. The molecule has 0 radical (unpaired) electrons. The van der Waals surface area contributed by atoms with Crippen LogP contribution in [0.25, 0.3) is 0 Å². The third-order valence-electron chi connectivity index (χ3n) is 3.47. The van der Waals surface area contributed by atoms with E-state index >= 15 is 0 Å². The summed E-state index contributed by atoms with van der Waals surface area (Å²) in [6.07, 6.45) is 1.20. The maximum absolute atomic E-state index is 10.4. The SMILES string of the molecule is N=C(N)c1ccc(CCCC[C@@H](O)C[C@H](O)CC(=O)O)cc1. The second-order valence-electron chi connectivity index (χ2n) is 5.50. The molecule has 1 rings (SSSR count). The molecule has 6 nitrogen and oxygen atoms in total. The van der Waals surface area contributed by atoms with Crippen molar-refractivity contribution in [3.63, 3.8) is 0 Å². The highest BCUT2D eigenvalue weighted by Gasteiger charge is 2.14. The quantitative estimate of drug-likeness (QED) is 0.253. The van der Waals surface area contributed by atoms with Crippen LogP contribution >= 0.6 is 0 Å². The highest BCUT2D eigenvalue weighted by Crippen LogP contribution is 2.12. The summed E-state index contributed by atoms with van der Waals surface area (Å²) in [6.45, 7) is 0. The van der Waals surface area contributed by atoms with Crippen molar-refractivity contribution < 1.29 is 20.1 Å². The van der Waals surface area contributed by atoms with Gasteiger partial charge in [-0.05, 0) is 31.2 Å². The Kier molecular flexibility index (Phi) is 7.56. The van der Waals surface area contributed by atoms with Crippen LogP contribution in [0.5, 0.6) is 0 Å². The Morgan fingerprint density at radius 2 is 1.77 bits per heavy atom. The van der Waals surface area contributed by atoms with Crippen molar-refractivity contribution in [2.45, 2.75) is 50.7 Å². The fourth-order valence-corrected chi connectivity index (χ4v) is 2.28. The predicted octanol–water partition coefficient (Wildman–Crippen LogP) is 1.27. The lowest BCUT2D eigenvalue weighted by atomic mass is 10.0. The number of aliphatic carboxylic acids is 1. The second kappa shape index (κ2) is 9.17. The first-order chi connectivity index (χ1) is 10.4. The van der Waals surface area contributed by atoms with Crippen LogP contribution in [0.4, 0.5) is 0 Å². The number of amidine groups is 1. The van der Waals surface area contributed by atoms with Gasteiger partial charge in [0.05, 0.1) is 18.6 Å². The van der Waals surface area contributed by atoms with Gasteiger partial charge in [0.15, 0.2) is 0 Å². The van der Waals surface area contributed by atoms with E-state index in [-0.39, 0.29) is 18.7 Å². The number of unbranched alkanes of at least 4 members (excludes halogenated alkanes) is 1. The molecule has 0 spiro atoms. The molecule has 0 heterocycles. The van der Waals surface area contributed by atoms with Gasteiger partial charge in [-0.3, -0.25) is 10.2 Å². The zero-order chi connectivity index (χ0) is 16.5. The molecule has 122 valence electrons. The number of aryl methyl sites for hydroxylation is 1. The first-order valence-corrected chi connectivity index (χ1v) is 7.39. The molecule has 0 saturated carbocycles. The fourth-order valence-electron chi connectivity index (χ4n) is 2.28. The lowest BCUT2D eigenvalue weighted by molar-refractivity contribution is -0.139. The maximum Gasteiger partial charge on any atom is 0.305 e. The van der Waals surface area contributed by atoms with E-state index in [9.17, 15) is 15.0 Å². The number of nitrogens with two attached hydrogens (primary N) is 1. The number of carboxylic acids is 1. The van der Waals surface area contributed by atoms with E-state index in [0.29, 0.717) is 12.0 Å². The Morgan fingerprint density at radius 1 is 1.14 bits per heavy atom. The molecular formula is C16H24N2O4. The summed E-state index contributed by atoms with van der Waals surface area (Å²) in [6, 6.07) is 7.50. The van der Waals surface area contributed by atoms with Gasteiger partial charge < -0.3 is 21.1 Å². The minimum Gasteiger partial charge on any atom is -0.481 e. The molecule has 0 saturated heterocycles. The van der Waals surface area contributed by atoms with Crippen molar-refractivity contribution in [1.29, 1.82) is 5.41 Å². The minimum atomic E-state index is -1.06. The molecule has 6 N–H and O–H groups in total. The van der Waals surface area contributed by atoms with Crippen LogP contribution < -0.4 is 5.73 Å². The van der Waals surface area contributed by atoms with Crippen LogP contribution in [0, 0.1) is 5.41 Å². The maximum atomic E-state index is 10.4. The van der Waals surface area contributed by atoms with E-state index in [0.717, 1.165) is 24.8 Å². The lowest BCUT2D eigenvalue weighted by Crippen LogP contribution is -2.20. The van der Waals surface area contributed by atoms with Crippen LogP contribution in [0.15, 0.2) is 24.3 Å². The fraction of sp³-hybridized carbons (Fsp3) is 0.500. The van der Waals surface area contributed by atoms with Gasteiger partial charge in [-0.25, -0.2) is 0 Å². The van der Waals surface area contributed by atoms with Crippen LogP contribution in [0.1, 0.15) is 43.2 Å². The number of nitrogens with one attached hydrogen (secondary N) is 1. The van der Waals surface area contributed by atoms with Gasteiger partial charge in [0.25, 0.3) is 0 Å². The second-order valence-corrected chi connectivity index (χ2v) is 5.50. The summed E-state index contributed by atoms with van der Waals surface area (Å²) in [5.74, 6) is -1.01. The van der Waals surface area contributed by atoms with Crippen LogP contribution in [0.2, 0.25) is 0 Å². The molecular weight excluding hydrogens is 284 g/mol. The molecule has 22 heavy (non-hydrogen) atoms. The number of hydrogen-bond acceptors (Lipinski definition) is 4. The monoisotopic (exact) mass is 308 g/mol. The normalized spacial score (nSPS) is 13.5. The third kappa shape index (κ3) is 7.19. The van der Waals surface area contributed by atoms with E-state index in [1.807, 2.05) is 24.3 Å². The Morgan fingerprint density at radius 3 is 2.32 bits per heavy atom. The lowest BCUT2D eigenvalue weighted by Gasteiger charge is -2.14. The van der Waals surface area contributed by atoms with E-state index < -0.39 is 18.2 Å². The number of nitrogen functional groups attached to an aromatic ring is 1. The van der Waals surface area contributed by atoms with Gasteiger partial charge >= 0.3 is 5.97 Å². The average Bonchev–Trinajstić information content (AvgIpc) is 2.43. The van der Waals surface area contributed by atoms with Gasteiger partial charge in [-0.2, -0.15) is 0 Å². The zero-order valence-electron chi connectivity index (χ0n) is 12.5. The van der Waals surface area contributed by atoms with Crippen molar-refractivity contribution in [2.75, 3.05) is 0 Å². The molecule has 0 aliphatic rings. The number of carboxylic acid groups (broad SMARTS) is 1. The number of rotatable bonds is 10. The number of aliphatic hydroxyl groups is 2. The standard InChI is InChI=1S/C16H24N2O4/c17-16(18)12-7-5-11(6-8-12)3-1-2-4-13(19)9-14(20)10-15(21)22/h5-8,13-14,19-20H,1-4,9-10H2,(H3,17,18)(H,21,22)/t13-,14+/m1/s1. The number of carbonyl (C=O) groups is 1. The first-order valence-electron chi connectivity index (χ1n) is 7.39. The van der Waals surface area contributed by atoms with E-state index in [1.165, 1.54) is 0 Å². The Hall–Kier alpha value is -1.92. The predicted molar refractivity (Wildman–Crippen MR) is 83.9 cm³/mol. The van der Waals surface area contributed by atoms with E-state index in [4.69, 9.17) is 16.2 Å². The smallest absolute Gasteiger partial charge is 0.305 e. The van der Waals surface area contributed by atoms with Crippen molar-refractivity contribution in [3.05, 3.63) is 35.4 Å². The van der Waals surface area contributed by atoms with Crippen molar-refractivity contribution in [1.82, 2.24) is 0 Å². The number of aliphatic hydroxyl groups excluding tert-OH is 2. The number of hydrogen-bond donors (Lipinski definition) is 5. The molecule has 6 heteroatoms. The van der Waals surface area contributed by atoms with Crippen molar-refractivity contribution in [2.24, 2.45) is 5.73 Å². The van der Waals surface area contributed by atoms with Gasteiger partial charge in [-0.15, -0.1) is 0 Å². The first kappa shape index (κ1) is 18.1. The molecule has 1 aromatic rings. The van der Waals surface area contributed by atoms with Crippen LogP contribution in [-0.2, 0) is 11.2 Å². The van der Waals surface area contributed by atoms with E-state index in [2.05, 4.69) is 0 Å². The molecule has 0 bridgehead atoms. The van der Waals surface area contributed by atoms with Crippen molar-refractivity contribution in [3.8, 4) is 0 Å². The van der Waals surface area contributed by atoms with Crippen molar-refractivity contribution >= 4 is 11.8 Å². The molecule has 0 amide bonds. The summed E-state index contributed by atoms with van der Waals surface area (Å²) < 4.78 is 0. The summed E-state index contributed by atoms with van der Waals surface area (Å²) in [4.78, 5) is 10.4. The van der Waals surface area contributed by atoms with Gasteiger partial charge in [0.2, 0.25) is 0 Å². The molecule has 0 aliphatic heterocycles. The molecule has 1 aromatic carbocycles. The largest absolute Gasteiger partial charge is 0.481 e. The summed E-state index contributed by atoms with van der Waals surface area (Å²) >= 11 is 0. The Labute approximate surface area is 130 Å². The number of benzene rings is 1. The minimum absolute atomic E-state index is 0.0505. The zero-order valence-corrected chi connectivity index (χ0v) is 12.5. The molecule has 2 atom stereocenters. The van der Waals surface area contributed by atoms with Crippen LogP contribution in [0.3, 0.4) is 0 Å². The highest BCUT2D eigenvalue weighted by molar-refractivity contribution is 5.94. The van der Waals surface area contributed by atoms with Gasteiger partial charge in [0.1, 0.15) is 5.84 Å². The molecule has 0 aromatic heterocycles. The molecule has 0 aliphatic carbocycles. The Balaban J connectivity index is 2.21. The summed E-state index contributed by atoms with van der Waals surface area (Å²) in [5, 5.41) is 35.0. The van der Waals surface area contributed by atoms with Crippen LogP contribution in [-0.4, -0.2) is 39.3 Å². The summed E-state index contributed by atoms with van der Waals surface area (Å²) in [5.41, 5.74) is 7.23. The van der Waals surface area contributed by atoms with Gasteiger partial charge in [0, 0.05) is 5.56 Å².